The summed E-state index contributed by atoms with van der Waals surface area (Å²) in [6, 6.07) is 5.03. The second kappa shape index (κ2) is 4.12. The summed E-state index contributed by atoms with van der Waals surface area (Å²) in [5.41, 5.74) is 1.49. The van der Waals surface area contributed by atoms with Gasteiger partial charge < -0.3 is 10.1 Å². The van der Waals surface area contributed by atoms with Gasteiger partial charge in [-0.2, -0.15) is 0 Å². The molecule has 3 nitrogen and oxygen atoms in total. The minimum Gasteiger partial charge on any atom is -0.481 e. The number of nitrogens with one attached hydrogen (secondary N) is 1. The van der Waals surface area contributed by atoms with Gasteiger partial charge in [0.2, 0.25) is 0 Å². The van der Waals surface area contributed by atoms with E-state index in [0.29, 0.717) is 5.56 Å². The van der Waals surface area contributed by atoms with Crippen LogP contribution < -0.4 is 0 Å². The van der Waals surface area contributed by atoms with E-state index in [2.05, 4.69) is 4.98 Å². The fourth-order valence-corrected chi connectivity index (χ4v) is 2.29. The first kappa shape index (κ1) is 12.6. The predicted molar refractivity (Wildman–Crippen MR) is 68.3 cm³/mol. The predicted octanol–water partition coefficient (Wildman–Crippen LogP) is 3.37. The van der Waals surface area contributed by atoms with Crippen LogP contribution in [-0.4, -0.2) is 16.1 Å². The summed E-state index contributed by atoms with van der Waals surface area (Å²) >= 11 is 0. The summed E-state index contributed by atoms with van der Waals surface area (Å²) < 4.78 is 14.1. The largest absolute Gasteiger partial charge is 0.481 e. The average Bonchev–Trinajstić information content (AvgIpc) is 2.53. The second-order valence-corrected chi connectivity index (χ2v) is 5.33. The molecule has 0 spiro atoms. The topological polar surface area (TPSA) is 53.1 Å². The van der Waals surface area contributed by atoms with Crippen molar-refractivity contribution in [3.63, 3.8) is 0 Å². The van der Waals surface area contributed by atoms with Gasteiger partial charge in [-0.25, -0.2) is 4.39 Å². The Morgan fingerprint density at radius 2 is 2.06 bits per heavy atom. The van der Waals surface area contributed by atoms with Gasteiger partial charge in [-0.15, -0.1) is 0 Å². The van der Waals surface area contributed by atoms with Gasteiger partial charge in [-0.3, -0.25) is 4.79 Å². The highest BCUT2D eigenvalue weighted by molar-refractivity contribution is 5.81. The molecule has 0 saturated heterocycles. The molecule has 2 N–H and O–H groups in total. The number of carboxylic acid groups (broad SMARTS) is 1. The van der Waals surface area contributed by atoms with E-state index in [1.807, 2.05) is 13.0 Å². The van der Waals surface area contributed by atoms with Gasteiger partial charge in [0.25, 0.3) is 0 Å². The number of carbonyl (C=O) groups is 1. The maximum atomic E-state index is 14.1. The van der Waals surface area contributed by atoms with Crippen LogP contribution in [0, 0.1) is 12.7 Å². The Balaban J connectivity index is 2.56. The molecule has 1 aromatic heterocycles. The zero-order chi connectivity index (χ0) is 13.5. The van der Waals surface area contributed by atoms with Gasteiger partial charge in [0.05, 0.1) is 6.42 Å². The number of aryl methyl sites for hydroxylation is 1. The summed E-state index contributed by atoms with van der Waals surface area (Å²) in [7, 11) is 0. The molecular weight excluding hydrogens is 233 g/mol. The Morgan fingerprint density at radius 3 is 2.67 bits per heavy atom. The number of aromatic amines is 1. The molecule has 4 heteroatoms. The minimum atomic E-state index is -0.929. The highest BCUT2D eigenvalue weighted by Gasteiger charge is 2.27. The fourth-order valence-electron chi connectivity index (χ4n) is 2.29. The molecule has 1 heterocycles. The zero-order valence-electron chi connectivity index (χ0n) is 10.7. The standard InChI is InChI=1S/C14H16FNO2/c1-8-4-9-5-11(15)10(6-12(9)16-8)14(2,3)7-13(17)18/h4-6,16H,7H2,1-3H3,(H,17,18). The second-order valence-electron chi connectivity index (χ2n) is 5.33. The van der Waals surface area contributed by atoms with Crippen LogP contribution >= 0.6 is 0 Å². The number of aromatic nitrogens is 1. The molecule has 0 aliphatic carbocycles. The highest BCUT2D eigenvalue weighted by Crippen LogP contribution is 2.32. The lowest BCUT2D eigenvalue weighted by Gasteiger charge is -2.23. The Hall–Kier alpha value is -1.84. The molecule has 96 valence electrons. The number of halogens is 1. The fraction of sp³-hybridized carbons (Fsp3) is 0.357. The van der Waals surface area contributed by atoms with Crippen LogP contribution in [0.15, 0.2) is 18.2 Å². The summed E-state index contributed by atoms with van der Waals surface area (Å²) in [4.78, 5) is 14.0. The summed E-state index contributed by atoms with van der Waals surface area (Å²) in [5.74, 6) is -1.28. The van der Waals surface area contributed by atoms with E-state index >= 15 is 0 Å². The van der Waals surface area contributed by atoms with Crippen molar-refractivity contribution in [3.05, 3.63) is 35.3 Å². The van der Waals surface area contributed by atoms with Gasteiger partial charge in [0, 0.05) is 22.0 Å². The zero-order valence-corrected chi connectivity index (χ0v) is 10.7. The quantitative estimate of drug-likeness (QED) is 0.876. The Kier molecular flexibility index (Phi) is 2.89. The summed E-state index contributed by atoms with van der Waals surface area (Å²) in [6.45, 7) is 5.38. The van der Waals surface area contributed by atoms with Crippen molar-refractivity contribution in [1.29, 1.82) is 0 Å². The molecule has 2 aromatic rings. The molecular formula is C14H16FNO2. The molecule has 0 unspecified atom stereocenters. The maximum absolute atomic E-state index is 14.1. The molecule has 0 aliphatic rings. The lowest BCUT2D eigenvalue weighted by atomic mass is 9.81. The Bertz CT molecular complexity index is 614. The normalized spacial score (nSPS) is 12.0. The third kappa shape index (κ3) is 2.23. The molecule has 0 aliphatic heterocycles. The molecule has 0 saturated carbocycles. The first-order chi connectivity index (χ1) is 8.29. The van der Waals surface area contributed by atoms with Crippen LogP contribution in [0.25, 0.3) is 10.9 Å². The molecule has 1 aromatic carbocycles. The number of benzene rings is 1. The molecule has 2 rings (SSSR count). The number of fused-ring (bicyclic) bond motifs is 1. The Labute approximate surface area is 105 Å². The van der Waals surface area contributed by atoms with Crippen molar-refractivity contribution in [2.75, 3.05) is 0 Å². The number of hydrogen-bond acceptors (Lipinski definition) is 1. The van der Waals surface area contributed by atoms with Crippen molar-refractivity contribution < 1.29 is 14.3 Å². The van der Waals surface area contributed by atoms with Crippen molar-refractivity contribution in [2.24, 2.45) is 0 Å². The van der Waals surface area contributed by atoms with Gasteiger partial charge in [-0.05, 0) is 30.7 Å². The van der Waals surface area contributed by atoms with Crippen LogP contribution in [0.4, 0.5) is 4.39 Å². The number of aliphatic carboxylic acids is 1. The third-order valence-electron chi connectivity index (χ3n) is 3.17. The van der Waals surface area contributed by atoms with E-state index < -0.39 is 11.4 Å². The summed E-state index contributed by atoms with van der Waals surface area (Å²) in [5, 5.41) is 9.69. The monoisotopic (exact) mass is 249 g/mol. The summed E-state index contributed by atoms with van der Waals surface area (Å²) in [6.07, 6.45) is -0.102. The number of hydrogen-bond donors (Lipinski definition) is 2. The molecule has 0 fully saturated rings. The van der Waals surface area contributed by atoms with Crippen molar-refractivity contribution in [1.82, 2.24) is 4.98 Å². The molecule has 18 heavy (non-hydrogen) atoms. The molecule has 0 amide bonds. The van der Waals surface area contributed by atoms with Gasteiger partial charge in [-0.1, -0.05) is 13.8 Å². The van der Waals surface area contributed by atoms with Crippen LogP contribution in [0.5, 0.6) is 0 Å². The van der Waals surface area contributed by atoms with E-state index in [4.69, 9.17) is 5.11 Å². The van der Waals surface area contributed by atoms with E-state index in [-0.39, 0.29) is 12.2 Å². The molecule has 0 atom stereocenters. The van der Waals surface area contributed by atoms with Gasteiger partial charge in [0.15, 0.2) is 0 Å². The molecule has 0 bridgehead atoms. The van der Waals surface area contributed by atoms with E-state index in [1.165, 1.54) is 6.07 Å². The van der Waals surface area contributed by atoms with Gasteiger partial charge >= 0.3 is 5.97 Å². The van der Waals surface area contributed by atoms with Crippen molar-refractivity contribution in [2.45, 2.75) is 32.6 Å². The van der Waals surface area contributed by atoms with Crippen molar-refractivity contribution in [3.8, 4) is 0 Å². The van der Waals surface area contributed by atoms with Crippen molar-refractivity contribution >= 4 is 16.9 Å². The van der Waals surface area contributed by atoms with E-state index in [9.17, 15) is 9.18 Å². The average molecular weight is 249 g/mol. The number of rotatable bonds is 3. The first-order valence-corrected chi connectivity index (χ1v) is 5.81. The number of H-pyrrole nitrogens is 1. The van der Waals surface area contributed by atoms with Crippen LogP contribution in [0.2, 0.25) is 0 Å². The van der Waals surface area contributed by atoms with E-state index in [1.54, 1.807) is 19.9 Å². The lowest BCUT2D eigenvalue weighted by Crippen LogP contribution is -2.23. The first-order valence-electron chi connectivity index (χ1n) is 5.81. The van der Waals surface area contributed by atoms with Crippen LogP contribution in [0.1, 0.15) is 31.5 Å². The van der Waals surface area contributed by atoms with Crippen LogP contribution in [0.3, 0.4) is 0 Å². The highest BCUT2D eigenvalue weighted by atomic mass is 19.1. The van der Waals surface area contributed by atoms with E-state index in [0.717, 1.165) is 16.6 Å². The maximum Gasteiger partial charge on any atom is 0.304 e. The third-order valence-corrected chi connectivity index (χ3v) is 3.17. The number of carboxylic acids is 1. The molecule has 0 radical (unpaired) electrons. The van der Waals surface area contributed by atoms with Crippen LogP contribution in [-0.2, 0) is 10.2 Å². The van der Waals surface area contributed by atoms with Gasteiger partial charge in [0.1, 0.15) is 5.82 Å². The SMILES string of the molecule is Cc1cc2cc(F)c(C(C)(C)CC(=O)O)cc2[nH]1. The lowest BCUT2D eigenvalue weighted by molar-refractivity contribution is -0.138. The minimum absolute atomic E-state index is 0.102. The Morgan fingerprint density at radius 1 is 1.39 bits per heavy atom. The smallest absolute Gasteiger partial charge is 0.304 e.